The Balaban J connectivity index is 1.57. The van der Waals surface area contributed by atoms with Gasteiger partial charge in [0.1, 0.15) is 18.0 Å². The van der Waals surface area contributed by atoms with Crippen molar-refractivity contribution >= 4 is 35.1 Å². The number of amides is 2. The number of hydrogen-bond acceptors (Lipinski definition) is 5. The molecule has 0 aliphatic carbocycles. The van der Waals surface area contributed by atoms with E-state index < -0.39 is 17.9 Å². The zero-order chi connectivity index (χ0) is 29.0. The van der Waals surface area contributed by atoms with Crippen LogP contribution in [-0.2, 0) is 22.4 Å². The van der Waals surface area contributed by atoms with Gasteiger partial charge in [0.25, 0.3) is 5.91 Å². The molecule has 8 nitrogen and oxygen atoms in total. The molecule has 3 unspecified atom stereocenters. The lowest BCUT2D eigenvalue weighted by Gasteiger charge is -2.29. The van der Waals surface area contributed by atoms with Gasteiger partial charge in [-0.15, -0.1) is 0 Å². The third-order valence-electron chi connectivity index (χ3n) is 7.36. The van der Waals surface area contributed by atoms with Gasteiger partial charge in [-0.3, -0.25) is 19.4 Å². The van der Waals surface area contributed by atoms with Crippen molar-refractivity contribution in [1.29, 1.82) is 0 Å². The molecule has 1 saturated heterocycles. The maximum Gasteiger partial charge on any atom is 0.326 e. The van der Waals surface area contributed by atoms with Crippen LogP contribution < -0.4 is 10.2 Å². The zero-order valence-corrected chi connectivity index (χ0v) is 23.6. The Bertz CT molecular complexity index is 1380. The first kappa shape index (κ1) is 29.1. The molecule has 3 atom stereocenters. The predicted molar refractivity (Wildman–Crippen MR) is 155 cm³/mol. The molecule has 0 bridgehead atoms. The number of likely N-dealkylation sites (N-methyl/N-ethyl adjacent to an activating group) is 1. The fourth-order valence-corrected chi connectivity index (χ4v) is 5.56. The second kappa shape index (κ2) is 12.5. The van der Waals surface area contributed by atoms with E-state index in [1.54, 1.807) is 59.5 Å². The summed E-state index contributed by atoms with van der Waals surface area (Å²) in [5.74, 6) is -1.56. The summed E-state index contributed by atoms with van der Waals surface area (Å²) >= 11 is 6.27. The molecule has 1 heterocycles. The van der Waals surface area contributed by atoms with E-state index >= 15 is 0 Å². The summed E-state index contributed by atoms with van der Waals surface area (Å²) in [6.07, 6.45) is 1.85. The number of carboxylic acids is 1. The topological polar surface area (TPSA) is 110 Å². The molecule has 3 N–H and O–H groups in total. The Morgan fingerprint density at radius 3 is 2.30 bits per heavy atom. The fourth-order valence-electron chi connectivity index (χ4n) is 5.28. The molecule has 3 aromatic rings. The highest BCUT2D eigenvalue weighted by molar-refractivity contribution is 6.34. The minimum atomic E-state index is -1.17. The molecule has 0 saturated carbocycles. The number of carbonyl (C=O) groups is 3. The van der Waals surface area contributed by atoms with Crippen LogP contribution in [0.15, 0.2) is 66.7 Å². The number of nitrogens with zero attached hydrogens (tertiary/aromatic N) is 2. The molecule has 2 amide bonds. The Morgan fingerprint density at radius 1 is 1.02 bits per heavy atom. The van der Waals surface area contributed by atoms with E-state index in [1.807, 2.05) is 37.9 Å². The summed E-state index contributed by atoms with van der Waals surface area (Å²) < 4.78 is 0. The minimum absolute atomic E-state index is 0.0164. The first-order valence-corrected chi connectivity index (χ1v) is 13.8. The first-order chi connectivity index (χ1) is 19.2. The van der Waals surface area contributed by atoms with Crippen molar-refractivity contribution in [2.45, 2.75) is 57.8 Å². The van der Waals surface area contributed by atoms with Crippen molar-refractivity contribution < 1.29 is 24.6 Å². The van der Waals surface area contributed by atoms with E-state index in [-0.39, 0.29) is 40.9 Å². The Morgan fingerprint density at radius 2 is 1.70 bits per heavy atom. The summed E-state index contributed by atoms with van der Waals surface area (Å²) in [5.41, 5.74) is 3.26. The van der Waals surface area contributed by atoms with Gasteiger partial charge in [0.05, 0.1) is 16.6 Å². The van der Waals surface area contributed by atoms with Gasteiger partial charge < -0.3 is 15.5 Å². The van der Waals surface area contributed by atoms with Gasteiger partial charge in [0.15, 0.2) is 0 Å². The van der Waals surface area contributed by atoms with Crippen molar-refractivity contribution in [3.8, 4) is 5.75 Å². The monoisotopic (exact) mass is 563 g/mol. The summed E-state index contributed by atoms with van der Waals surface area (Å²) in [7, 11) is 1.92. The second-order valence-electron chi connectivity index (χ2n) is 10.0. The lowest BCUT2D eigenvalue weighted by atomic mass is 10.0. The zero-order valence-electron chi connectivity index (χ0n) is 22.8. The minimum Gasteiger partial charge on any atom is -0.508 e. The number of phenolic OH excluding ortho intramolecular Hbond substituents is 1. The molecule has 210 valence electrons. The number of halogens is 1. The first-order valence-electron chi connectivity index (χ1n) is 13.4. The number of carboxylic acid groups (broad SMARTS) is 1. The number of phenols is 1. The van der Waals surface area contributed by atoms with Gasteiger partial charge >= 0.3 is 5.97 Å². The van der Waals surface area contributed by atoms with E-state index in [1.165, 1.54) is 0 Å². The normalized spacial score (nSPS) is 18.1. The van der Waals surface area contributed by atoms with Crippen molar-refractivity contribution in [3.05, 3.63) is 94.0 Å². The molecule has 1 fully saturated rings. The van der Waals surface area contributed by atoms with E-state index in [0.29, 0.717) is 24.1 Å². The van der Waals surface area contributed by atoms with Crippen LogP contribution in [0.1, 0.15) is 59.9 Å². The quantitative estimate of drug-likeness (QED) is 0.313. The third-order valence-corrected chi connectivity index (χ3v) is 7.68. The number of aliphatic carboxylic acids is 1. The SMILES string of the molecule is CCCC1C(=O)N(c2ccc(CC(NC(=O)c3c(Cl)cccc3CC)C(=O)O)cc2)C(c2ccc(O)cc2)N1C. The van der Waals surface area contributed by atoms with Crippen LogP contribution in [0, 0.1) is 0 Å². The molecule has 40 heavy (non-hydrogen) atoms. The Labute approximate surface area is 239 Å². The van der Waals surface area contributed by atoms with Crippen molar-refractivity contribution in [2.75, 3.05) is 11.9 Å². The smallest absolute Gasteiger partial charge is 0.326 e. The summed E-state index contributed by atoms with van der Waals surface area (Å²) in [4.78, 5) is 42.4. The lowest BCUT2D eigenvalue weighted by Crippen LogP contribution is -2.42. The molecule has 4 rings (SSSR count). The highest BCUT2D eigenvalue weighted by Gasteiger charge is 2.44. The van der Waals surface area contributed by atoms with Crippen LogP contribution in [0.3, 0.4) is 0 Å². The van der Waals surface area contributed by atoms with Gasteiger partial charge in [0.2, 0.25) is 5.91 Å². The molecule has 3 aromatic carbocycles. The number of aryl methyl sites for hydroxylation is 1. The summed E-state index contributed by atoms with van der Waals surface area (Å²) in [5, 5.41) is 22.5. The third kappa shape index (κ3) is 5.98. The maximum absolute atomic E-state index is 13.5. The van der Waals surface area contributed by atoms with Gasteiger partial charge in [-0.25, -0.2) is 4.79 Å². The maximum atomic E-state index is 13.5. The van der Waals surface area contributed by atoms with Crippen LogP contribution in [0.2, 0.25) is 5.02 Å². The van der Waals surface area contributed by atoms with Gasteiger partial charge in [-0.1, -0.05) is 68.3 Å². The number of benzene rings is 3. The van der Waals surface area contributed by atoms with Crippen LogP contribution in [-0.4, -0.2) is 52.0 Å². The average molecular weight is 564 g/mol. The molecule has 1 aliphatic heterocycles. The number of carbonyl (C=O) groups excluding carboxylic acids is 2. The van der Waals surface area contributed by atoms with Gasteiger partial charge in [0, 0.05) is 12.1 Å². The summed E-state index contributed by atoms with van der Waals surface area (Å²) in [6.45, 7) is 3.94. The van der Waals surface area contributed by atoms with E-state index in [9.17, 15) is 24.6 Å². The van der Waals surface area contributed by atoms with Crippen molar-refractivity contribution in [2.24, 2.45) is 0 Å². The molecular formula is C31H34ClN3O5. The van der Waals surface area contributed by atoms with Gasteiger partial charge in [-0.2, -0.15) is 0 Å². The van der Waals surface area contributed by atoms with Crippen molar-refractivity contribution in [1.82, 2.24) is 10.2 Å². The standard InChI is InChI=1S/C31H34ClN3O5/c1-4-7-26-30(38)35(29(34(26)3)21-12-16-23(36)17-13-21)22-14-10-19(11-15-22)18-25(31(39)40)33-28(37)27-20(5-2)8-6-9-24(27)32/h6,8-17,25-26,29,36H,4-5,7,18H2,1-3H3,(H,33,37)(H,39,40). The molecule has 1 aliphatic rings. The lowest BCUT2D eigenvalue weighted by molar-refractivity contribution is -0.139. The highest BCUT2D eigenvalue weighted by atomic mass is 35.5. The van der Waals surface area contributed by atoms with Crippen LogP contribution in [0.5, 0.6) is 5.75 Å². The van der Waals surface area contributed by atoms with Crippen molar-refractivity contribution in [3.63, 3.8) is 0 Å². The van der Waals surface area contributed by atoms with Crippen LogP contribution >= 0.6 is 11.6 Å². The molecule has 0 radical (unpaired) electrons. The molecule has 9 heteroatoms. The highest BCUT2D eigenvalue weighted by Crippen LogP contribution is 2.39. The number of nitrogens with one attached hydrogen (secondary N) is 1. The van der Waals surface area contributed by atoms with E-state index in [0.717, 1.165) is 17.5 Å². The van der Waals surface area contributed by atoms with Crippen LogP contribution in [0.25, 0.3) is 0 Å². The van der Waals surface area contributed by atoms with E-state index in [4.69, 9.17) is 11.6 Å². The second-order valence-corrected chi connectivity index (χ2v) is 10.4. The Hall–Kier alpha value is -3.88. The average Bonchev–Trinajstić information content (AvgIpc) is 3.18. The molecular weight excluding hydrogens is 530 g/mol. The van der Waals surface area contributed by atoms with Gasteiger partial charge in [-0.05, 0) is 66.9 Å². The largest absolute Gasteiger partial charge is 0.508 e. The summed E-state index contributed by atoms with van der Waals surface area (Å²) in [6, 6.07) is 17.7. The van der Waals surface area contributed by atoms with E-state index in [2.05, 4.69) is 5.32 Å². The Kier molecular flexibility index (Phi) is 9.12. The molecule has 0 aromatic heterocycles. The number of aromatic hydroxyl groups is 1. The predicted octanol–water partition coefficient (Wildman–Crippen LogP) is 5.18. The molecule has 0 spiro atoms. The van der Waals surface area contributed by atoms with Crippen LogP contribution in [0.4, 0.5) is 5.69 Å². The number of anilines is 1. The number of hydrogen-bond donors (Lipinski definition) is 3. The number of rotatable bonds is 10. The fraction of sp³-hybridized carbons (Fsp3) is 0.323.